The number of aliphatic imine (C=N–C) groups is 1. The zero-order chi connectivity index (χ0) is 15.5. The third-order valence-electron chi connectivity index (χ3n) is 2.98. The summed E-state index contributed by atoms with van der Waals surface area (Å²) in [5, 5.41) is 6.58. The molecule has 118 valence electrons. The van der Waals surface area contributed by atoms with E-state index in [4.69, 9.17) is 9.47 Å². The van der Waals surface area contributed by atoms with Crippen LogP contribution in [-0.2, 0) is 11.2 Å². The van der Waals surface area contributed by atoms with Gasteiger partial charge in [0.2, 0.25) is 0 Å². The normalized spacial score (nSPS) is 12.9. The van der Waals surface area contributed by atoms with Crippen LogP contribution < -0.4 is 15.4 Å². The number of nitrogens with zero attached hydrogens (tertiary/aromatic N) is 1. The molecule has 21 heavy (non-hydrogen) atoms. The Balaban J connectivity index is 2.44. The van der Waals surface area contributed by atoms with Gasteiger partial charge in [-0.2, -0.15) is 0 Å². The molecule has 1 aromatic carbocycles. The highest BCUT2D eigenvalue weighted by molar-refractivity contribution is 5.79. The minimum absolute atomic E-state index is 0.219. The van der Waals surface area contributed by atoms with Gasteiger partial charge < -0.3 is 20.1 Å². The molecule has 1 rings (SSSR count). The second kappa shape index (κ2) is 10.0. The molecule has 5 heteroatoms. The second-order valence-corrected chi connectivity index (χ2v) is 4.79. The molecule has 0 saturated carbocycles. The van der Waals surface area contributed by atoms with E-state index in [9.17, 15) is 0 Å². The van der Waals surface area contributed by atoms with Crippen molar-refractivity contribution in [3.8, 4) is 5.75 Å². The first-order valence-electron chi connectivity index (χ1n) is 7.38. The number of ether oxygens (including phenoxy) is 2. The Morgan fingerprint density at radius 1 is 1.33 bits per heavy atom. The van der Waals surface area contributed by atoms with Crippen LogP contribution in [0.4, 0.5) is 0 Å². The molecule has 0 spiro atoms. The Bertz CT molecular complexity index is 435. The van der Waals surface area contributed by atoms with Crippen molar-refractivity contribution >= 4 is 5.96 Å². The number of guanidine groups is 1. The lowest BCUT2D eigenvalue weighted by Crippen LogP contribution is -2.44. The van der Waals surface area contributed by atoms with Crippen LogP contribution in [0.25, 0.3) is 0 Å². The quantitative estimate of drug-likeness (QED) is 0.567. The molecular formula is C16H27N3O2. The minimum Gasteiger partial charge on any atom is -0.494 e. The van der Waals surface area contributed by atoms with Gasteiger partial charge in [-0.3, -0.25) is 4.99 Å². The van der Waals surface area contributed by atoms with Crippen molar-refractivity contribution in [2.45, 2.75) is 26.3 Å². The number of nitrogens with one attached hydrogen (secondary N) is 2. The number of hydrogen-bond acceptors (Lipinski definition) is 3. The fourth-order valence-corrected chi connectivity index (χ4v) is 2.04. The summed E-state index contributed by atoms with van der Waals surface area (Å²) in [6.07, 6.45) is 0.884. The fraction of sp³-hybridized carbons (Fsp3) is 0.562. The molecule has 0 bridgehead atoms. The van der Waals surface area contributed by atoms with Crippen LogP contribution in [-0.4, -0.2) is 45.9 Å². The van der Waals surface area contributed by atoms with E-state index in [2.05, 4.69) is 28.6 Å². The van der Waals surface area contributed by atoms with Crippen molar-refractivity contribution in [1.29, 1.82) is 0 Å². The molecule has 1 aromatic rings. The molecule has 0 aliphatic carbocycles. The SMILES string of the molecule is CCOc1ccccc1CCNC(=NC)NC(C)COC. The molecular weight excluding hydrogens is 266 g/mol. The van der Waals surface area contributed by atoms with E-state index in [1.54, 1.807) is 14.2 Å². The lowest BCUT2D eigenvalue weighted by atomic mass is 10.1. The van der Waals surface area contributed by atoms with Gasteiger partial charge in [0.1, 0.15) is 5.75 Å². The van der Waals surface area contributed by atoms with Gasteiger partial charge in [0.25, 0.3) is 0 Å². The molecule has 0 fully saturated rings. The first-order chi connectivity index (χ1) is 10.2. The van der Waals surface area contributed by atoms with Crippen LogP contribution in [0.15, 0.2) is 29.3 Å². The molecule has 0 aromatic heterocycles. The molecule has 0 aliphatic heterocycles. The molecule has 2 N–H and O–H groups in total. The van der Waals surface area contributed by atoms with Crippen LogP contribution >= 0.6 is 0 Å². The minimum atomic E-state index is 0.219. The monoisotopic (exact) mass is 293 g/mol. The van der Waals surface area contributed by atoms with Crippen molar-refractivity contribution in [1.82, 2.24) is 10.6 Å². The Hall–Kier alpha value is -1.75. The maximum absolute atomic E-state index is 5.63. The smallest absolute Gasteiger partial charge is 0.191 e. The van der Waals surface area contributed by atoms with E-state index >= 15 is 0 Å². The lowest BCUT2D eigenvalue weighted by molar-refractivity contribution is 0.179. The number of benzene rings is 1. The second-order valence-electron chi connectivity index (χ2n) is 4.79. The standard InChI is InChI=1S/C16H27N3O2/c1-5-21-15-9-7-6-8-14(15)10-11-18-16(17-3)19-13(2)12-20-4/h6-9,13H,5,10-12H2,1-4H3,(H2,17,18,19). The third-order valence-corrected chi connectivity index (χ3v) is 2.98. The van der Waals surface area contributed by atoms with Crippen molar-refractivity contribution in [2.75, 3.05) is 33.9 Å². The lowest BCUT2D eigenvalue weighted by Gasteiger charge is -2.17. The molecule has 1 atom stereocenters. The summed E-state index contributed by atoms with van der Waals surface area (Å²) in [4.78, 5) is 4.21. The van der Waals surface area contributed by atoms with Crippen LogP contribution in [0.2, 0.25) is 0 Å². The van der Waals surface area contributed by atoms with E-state index in [0.717, 1.165) is 24.7 Å². The zero-order valence-corrected chi connectivity index (χ0v) is 13.5. The van der Waals surface area contributed by atoms with Crippen LogP contribution in [0.3, 0.4) is 0 Å². The molecule has 0 heterocycles. The van der Waals surface area contributed by atoms with Crippen LogP contribution in [0.1, 0.15) is 19.4 Å². The Morgan fingerprint density at radius 2 is 2.10 bits per heavy atom. The number of hydrogen-bond donors (Lipinski definition) is 2. The predicted molar refractivity (Wildman–Crippen MR) is 87.2 cm³/mol. The third kappa shape index (κ3) is 6.49. The summed E-state index contributed by atoms with van der Waals surface area (Å²) in [5.41, 5.74) is 1.20. The Labute approximate surface area is 127 Å². The Morgan fingerprint density at radius 3 is 2.76 bits per heavy atom. The highest BCUT2D eigenvalue weighted by atomic mass is 16.5. The molecule has 0 saturated heterocycles. The molecule has 0 amide bonds. The first kappa shape index (κ1) is 17.3. The zero-order valence-electron chi connectivity index (χ0n) is 13.5. The summed E-state index contributed by atoms with van der Waals surface area (Å²) >= 11 is 0. The fourth-order valence-electron chi connectivity index (χ4n) is 2.04. The molecule has 0 aliphatic rings. The number of methoxy groups -OCH3 is 1. The number of para-hydroxylation sites is 1. The van der Waals surface area contributed by atoms with E-state index in [1.807, 2.05) is 25.1 Å². The average molecular weight is 293 g/mol. The van der Waals surface area contributed by atoms with Crippen molar-refractivity contribution in [3.63, 3.8) is 0 Å². The summed E-state index contributed by atoms with van der Waals surface area (Å²) in [6, 6.07) is 8.35. The van der Waals surface area contributed by atoms with Gasteiger partial charge in [0.05, 0.1) is 13.2 Å². The van der Waals surface area contributed by atoms with Crippen LogP contribution in [0.5, 0.6) is 5.75 Å². The van der Waals surface area contributed by atoms with Gasteiger partial charge in [-0.15, -0.1) is 0 Å². The van der Waals surface area contributed by atoms with Gasteiger partial charge in [0.15, 0.2) is 5.96 Å². The van der Waals surface area contributed by atoms with Gasteiger partial charge in [-0.05, 0) is 31.9 Å². The summed E-state index contributed by atoms with van der Waals surface area (Å²) in [6.45, 7) is 6.18. The topological polar surface area (TPSA) is 54.9 Å². The summed E-state index contributed by atoms with van der Waals surface area (Å²) in [5.74, 6) is 1.74. The predicted octanol–water partition coefficient (Wildman–Crippen LogP) is 1.83. The van der Waals surface area contributed by atoms with Gasteiger partial charge >= 0.3 is 0 Å². The highest BCUT2D eigenvalue weighted by Crippen LogP contribution is 2.17. The summed E-state index contributed by atoms with van der Waals surface area (Å²) < 4.78 is 10.7. The number of rotatable bonds is 8. The molecule has 5 nitrogen and oxygen atoms in total. The van der Waals surface area contributed by atoms with Crippen molar-refractivity contribution in [2.24, 2.45) is 4.99 Å². The maximum atomic E-state index is 5.63. The molecule has 0 radical (unpaired) electrons. The average Bonchev–Trinajstić information content (AvgIpc) is 2.48. The largest absolute Gasteiger partial charge is 0.494 e. The Kier molecular flexibility index (Phi) is 8.28. The van der Waals surface area contributed by atoms with Crippen molar-refractivity contribution in [3.05, 3.63) is 29.8 Å². The van der Waals surface area contributed by atoms with Crippen molar-refractivity contribution < 1.29 is 9.47 Å². The van der Waals surface area contributed by atoms with E-state index < -0.39 is 0 Å². The highest BCUT2D eigenvalue weighted by Gasteiger charge is 2.05. The van der Waals surface area contributed by atoms with Gasteiger partial charge in [0, 0.05) is 26.7 Å². The molecule has 1 unspecified atom stereocenters. The first-order valence-corrected chi connectivity index (χ1v) is 7.38. The van der Waals surface area contributed by atoms with Crippen LogP contribution in [0, 0.1) is 0 Å². The van der Waals surface area contributed by atoms with E-state index in [1.165, 1.54) is 5.56 Å². The van der Waals surface area contributed by atoms with E-state index in [0.29, 0.717) is 13.2 Å². The summed E-state index contributed by atoms with van der Waals surface area (Å²) in [7, 11) is 3.46. The van der Waals surface area contributed by atoms with Gasteiger partial charge in [-0.1, -0.05) is 18.2 Å². The maximum Gasteiger partial charge on any atom is 0.191 e. The van der Waals surface area contributed by atoms with E-state index in [-0.39, 0.29) is 6.04 Å². The van der Waals surface area contributed by atoms with Gasteiger partial charge in [-0.25, -0.2) is 0 Å².